The van der Waals surface area contributed by atoms with Gasteiger partial charge >= 0.3 is 11.9 Å². The van der Waals surface area contributed by atoms with Crippen LogP contribution < -0.4 is 21.5 Å². The summed E-state index contributed by atoms with van der Waals surface area (Å²) in [7, 11) is 0. The molecular weight excluding hydrogens is 860 g/mol. The van der Waals surface area contributed by atoms with Crippen LogP contribution >= 0.6 is 11.6 Å². The molecule has 15 heteroatoms. The number of hydrogen-bond acceptors (Lipinski definition) is 12. The molecule has 66 heavy (non-hydrogen) atoms. The first-order valence-corrected chi connectivity index (χ1v) is 21.3. The Morgan fingerprint density at radius 1 is 0.530 bits per heavy atom. The Bertz CT molecular complexity index is 2800. The third-order valence-electron chi connectivity index (χ3n) is 10.5. The van der Waals surface area contributed by atoms with Gasteiger partial charge in [0.1, 0.15) is 11.4 Å². The highest BCUT2D eigenvalue weighted by Crippen LogP contribution is 2.32. The Balaban J connectivity index is 1.09. The van der Waals surface area contributed by atoms with Crippen molar-refractivity contribution in [2.45, 2.75) is 60.7 Å². The number of Topliss-reactive ketones (excluding diaryl/α,β-unsaturated/α-hetero) is 2. The largest absolute Gasteiger partial charge is 0.459 e. The second-order valence-electron chi connectivity index (χ2n) is 16.1. The Labute approximate surface area is 385 Å². The van der Waals surface area contributed by atoms with E-state index >= 15 is 0 Å². The van der Waals surface area contributed by atoms with E-state index in [1.807, 2.05) is 13.8 Å². The zero-order valence-electron chi connectivity index (χ0n) is 37.1. The van der Waals surface area contributed by atoms with E-state index < -0.39 is 35.3 Å². The van der Waals surface area contributed by atoms with Gasteiger partial charge in [-0.3, -0.25) is 30.0 Å². The molecule has 0 saturated heterocycles. The average Bonchev–Trinajstić information content (AvgIpc) is 3.27. The highest BCUT2D eigenvalue weighted by molar-refractivity contribution is 6.60. The number of hydrazone groups is 2. The molecule has 0 fully saturated rings. The van der Waals surface area contributed by atoms with Crippen LogP contribution in [0.15, 0.2) is 118 Å². The van der Waals surface area contributed by atoms with E-state index in [0.717, 1.165) is 11.1 Å². The summed E-state index contributed by atoms with van der Waals surface area (Å²) >= 11 is 6.71. The van der Waals surface area contributed by atoms with Crippen LogP contribution in [0.3, 0.4) is 0 Å². The normalized spacial score (nSPS) is 14.3. The van der Waals surface area contributed by atoms with Crippen molar-refractivity contribution in [3.05, 3.63) is 163 Å². The zero-order valence-corrected chi connectivity index (χ0v) is 37.8. The van der Waals surface area contributed by atoms with Crippen LogP contribution in [-0.4, -0.2) is 59.0 Å². The van der Waals surface area contributed by atoms with Crippen molar-refractivity contribution < 1.29 is 38.2 Å². The second kappa shape index (κ2) is 19.4. The minimum atomic E-state index is -0.760. The molecular formula is C51H45ClN6O8. The fraction of sp³-hybridized carbons (Fsp3) is 0.176. The quantitative estimate of drug-likeness (QED) is 0.0533. The van der Waals surface area contributed by atoms with Crippen molar-refractivity contribution in [3.8, 4) is 0 Å². The molecule has 0 atom stereocenters. The van der Waals surface area contributed by atoms with E-state index in [1.54, 1.807) is 120 Å². The van der Waals surface area contributed by atoms with Crippen molar-refractivity contribution in [2.24, 2.45) is 10.2 Å². The smallest absolute Gasteiger partial charge is 0.338 e. The molecule has 0 radical (unpaired) electrons. The van der Waals surface area contributed by atoms with Crippen molar-refractivity contribution >= 4 is 93.2 Å². The van der Waals surface area contributed by atoms with Gasteiger partial charge in [0.15, 0.2) is 0 Å². The summed E-state index contributed by atoms with van der Waals surface area (Å²) in [5.74, 6) is -3.83. The number of amides is 2. The molecule has 2 amide bonds. The maximum absolute atomic E-state index is 14.0. The fourth-order valence-corrected chi connectivity index (χ4v) is 7.22. The molecule has 4 N–H and O–H groups in total. The maximum Gasteiger partial charge on any atom is 0.338 e. The molecule has 0 bridgehead atoms. The molecule has 7 rings (SSSR count). The number of anilines is 4. The van der Waals surface area contributed by atoms with Gasteiger partial charge in [-0.2, -0.15) is 10.2 Å². The van der Waals surface area contributed by atoms with E-state index in [4.69, 9.17) is 21.1 Å². The Morgan fingerprint density at radius 2 is 0.955 bits per heavy atom. The lowest BCUT2D eigenvalue weighted by molar-refractivity contribution is -0.118. The van der Waals surface area contributed by atoms with Crippen LogP contribution in [-0.2, 0) is 28.7 Å². The van der Waals surface area contributed by atoms with E-state index in [-0.39, 0.29) is 51.2 Å². The number of carbonyl (C=O) groups excluding carboxylic acids is 6. The first-order valence-electron chi connectivity index (χ1n) is 20.9. The molecule has 0 saturated carbocycles. The number of nitrogens with zero attached hydrogens (tertiary/aromatic N) is 2. The van der Waals surface area contributed by atoms with Crippen LogP contribution in [0.2, 0.25) is 5.02 Å². The van der Waals surface area contributed by atoms with Crippen LogP contribution in [0.25, 0.3) is 12.2 Å². The first-order chi connectivity index (χ1) is 31.5. The molecule has 0 spiro atoms. The summed E-state index contributed by atoms with van der Waals surface area (Å²) in [5, 5.41) is 14.4. The molecule has 0 heterocycles. The van der Waals surface area contributed by atoms with Crippen molar-refractivity contribution in [1.29, 1.82) is 0 Å². The van der Waals surface area contributed by atoms with Crippen molar-refractivity contribution in [1.82, 2.24) is 0 Å². The standard InChI is InChI=1S/C51H45ClN6O8/c1-26(2)65-50(63)33-18-16-28(5)41(23-33)55-57-44-35-14-10-8-12-31(35)21-37(46(44)59)48(61)53-40-25-39(52)43(20-30(40)7)54-49(62)38-22-32-13-9-11-15-36(32)45(47(38)60)58-56-42-24-34(19-17-29(42)6)51(64)66-27(3)4/h8-27,55-56H,1-7H3,(H,53,61)(H,54,62)/b57-44+,58-45-. The molecule has 14 nitrogen and oxygen atoms in total. The van der Waals surface area contributed by atoms with Gasteiger partial charge in [0.05, 0.1) is 56.6 Å². The second-order valence-corrected chi connectivity index (χ2v) is 16.5. The minimum Gasteiger partial charge on any atom is -0.459 e. The fourth-order valence-electron chi connectivity index (χ4n) is 7.00. The van der Waals surface area contributed by atoms with Gasteiger partial charge in [0, 0.05) is 16.8 Å². The number of esters is 2. The molecule has 5 aromatic rings. The summed E-state index contributed by atoms with van der Waals surface area (Å²) in [6.45, 7) is 12.3. The van der Waals surface area contributed by atoms with Gasteiger partial charge in [-0.1, -0.05) is 72.3 Å². The highest BCUT2D eigenvalue weighted by Gasteiger charge is 2.32. The van der Waals surface area contributed by atoms with Gasteiger partial charge in [-0.05, 0) is 125 Å². The minimum absolute atomic E-state index is 0.0215. The van der Waals surface area contributed by atoms with Crippen LogP contribution in [0.5, 0.6) is 0 Å². The number of aryl methyl sites for hydroxylation is 3. The van der Waals surface area contributed by atoms with Crippen LogP contribution in [0.4, 0.5) is 22.7 Å². The van der Waals surface area contributed by atoms with Crippen LogP contribution in [0, 0.1) is 20.8 Å². The molecule has 0 aromatic heterocycles. The summed E-state index contributed by atoms with van der Waals surface area (Å²) in [4.78, 5) is 81.0. The van der Waals surface area contributed by atoms with Gasteiger partial charge in [-0.15, -0.1) is 0 Å². The number of nitrogens with one attached hydrogen (secondary N) is 4. The molecule has 0 unspecified atom stereocenters. The van der Waals surface area contributed by atoms with Crippen LogP contribution in [0.1, 0.15) is 87.4 Å². The van der Waals surface area contributed by atoms with Gasteiger partial charge < -0.3 is 20.1 Å². The number of ketones is 2. The molecule has 334 valence electrons. The van der Waals surface area contributed by atoms with E-state index in [2.05, 4.69) is 31.7 Å². The Morgan fingerprint density at radius 3 is 1.39 bits per heavy atom. The number of carbonyl (C=O) groups is 6. The van der Waals surface area contributed by atoms with Crippen molar-refractivity contribution in [3.63, 3.8) is 0 Å². The lowest BCUT2D eigenvalue weighted by Crippen LogP contribution is -2.31. The third kappa shape index (κ3) is 10.0. The van der Waals surface area contributed by atoms with Gasteiger partial charge in [0.2, 0.25) is 11.6 Å². The lowest BCUT2D eigenvalue weighted by atomic mass is 9.89. The number of halogens is 1. The number of rotatable bonds is 12. The van der Waals surface area contributed by atoms with Gasteiger partial charge in [-0.25, -0.2) is 9.59 Å². The predicted molar refractivity (Wildman–Crippen MR) is 256 cm³/mol. The number of ether oxygens (including phenoxy) is 2. The number of benzene rings is 5. The maximum atomic E-state index is 14.0. The lowest BCUT2D eigenvalue weighted by Gasteiger charge is -2.19. The summed E-state index contributed by atoms with van der Waals surface area (Å²) in [6.07, 6.45) is 2.32. The molecule has 2 aliphatic rings. The van der Waals surface area contributed by atoms with E-state index in [0.29, 0.717) is 50.3 Å². The SMILES string of the molecule is Cc1ccc(C(=O)OC(C)C)cc1N/N=C1\C(=O)C(C(=O)Nc2cc(C)c(NC(=O)C3=Cc4ccccc4/C(=N\Nc4cc(C(=O)OC(C)C)ccc4C)C3=O)cc2Cl)=Cc2ccccc21. The summed E-state index contributed by atoms with van der Waals surface area (Å²) < 4.78 is 10.7. The number of fused-ring (bicyclic) bond motifs is 2. The van der Waals surface area contributed by atoms with Gasteiger partial charge in [0.25, 0.3) is 11.8 Å². The zero-order chi connectivity index (χ0) is 47.4. The predicted octanol–water partition coefficient (Wildman–Crippen LogP) is 9.24. The average molecular weight is 905 g/mol. The summed E-state index contributed by atoms with van der Waals surface area (Å²) in [5.41, 5.74) is 11.4. The highest BCUT2D eigenvalue weighted by atomic mass is 35.5. The van der Waals surface area contributed by atoms with Crippen molar-refractivity contribution in [2.75, 3.05) is 21.5 Å². The van der Waals surface area contributed by atoms with E-state index in [9.17, 15) is 28.8 Å². The monoisotopic (exact) mass is 904 g/mol. The summed E-state index contributed by atoms with van der Waals surface area (Å²) in [6, 6.07) is 26.8. The van der Waals surface area contributed by atoms with E-state index in [1.165, 1.54) is 24.3 Å². The molecule has 5 aromatic carbocycles. The Hall–Kier alpha value is -7.97. The molecule has 2 aliphatic carbocycles. The first kappa shape index (κ1) is 46.0. The topological polar surface area (TPSA) is 194 Å². The third-order valence-corrected chi connectivity index (χ3v) is 10.8. The Kier molecular flexibility index (Phi) is 13.5. The molecule has 0 aliphatic heterocycles. The number of hydrogen-bond donors (Lipinski definition) is 4.